The summed E-state index contributed by atoms with van der Waals surface area (Å²) in [5, 5.41) is 0. The lowest BCUT2D eigenvalue weighted by Crippen LogP contribution is -2.10. The van der Waals surface area contributed by atoms with Crippen molar-refractivity contribution in [3.8, 4) is 5.75 Å². The molecule has 1 fully saturated rings. The molecule has 0 aromatic carbocycles. The Labute approximate surface area is 92.2 Å². The predicted molar refractivity (Wildman–Crippen MR) is 59.9 cm³/mol. The number of nitrogens with zero attached hydrogens (tertiary/aromatic N) is 2. The fraction of sp³-hybridized carbons (Fsp3) is 0.500. The Kier molecular flexibility index (Phi) is 2.63. The van der Waals surface area contributed by atoms with Gasteiger partial charge in [0, 0.05) is 20.2 Å². The number of ether oxygens (including phenoxy) is 1. The Morgan fingerprint density at radius 3 is 2.79 bits per heavy atom. The SMILES string of the molecule is CN(C)c1cc(OC2CC2)cnc1Br. The van der Waals surface area contributed by atoms with Crippen LogP contribution in [-0.4, -0.2) is 25.2 Å². The molecule has 0 N–H and O–H groups in total. The second kappa shape index (κ2) is 3.77. The maximum atomic E-state index is 5.66. The first-order valence-electron chi connectivity index (χ1n) is 4.66. The first-order valence-corrected chi connectivity index (χ1v) is 5.45. The monoisotopic (exact) mass is 256 g/mol. The van der Waals surface area contributed by atoms with Gasteiger partial charge in [0.15, 0.2) is 0 Å². The van der Waals surface area contributed by atoms with Gasteiger partial charge in [0.05, 0.1) is 18.0 Å². The first kappa shape index (κ1) is 9.77. The maximum absolute atomic E-state index is 5.66. The van der Waals surface area contributed by atoms with E-state index < -0.39 is 0 Å². The van der Waals surface area contributed by atoms with Crippen molar-refractivity contribution in [1.29, 1.82) is 0 Å². The zero-order valence-corrected chi connectivity index (χ0v) is 9.91. The van der Waals surface area contributed by atoms with Crippen molar-refractivity contribution < 1.29 is 4.74 Å². The van der Waals surface area contributed by atoms with Crippen molar-refractivity contribution in [3.05, 3.63) is 16.9 Å². The molecule has 3 nitrogen and oxygen atoms in total. The third kappa shape index (κ3) is 2.18. The van der Waals surface area contributed by atoms with Crippen molar-refractivity contribution in [2.24, 2.45) is 0 Å². The summed E-state index contributed by atoms with van der Waals surface area (Å²) in [7, 11) is 3.98. The molecule has 0 amide bonds. The van der Waals surface area contributed by atoms with Gasteiger partial charge in [-0.2, -0.15) is 0 Å². The molecule has 0 bridgehead atoms. The molecular weight excluding hydrogens is 244 g/mol. The number of pyridine rings is 1. The molecule has 0 unspecified atom stereocenters. The molecule has 0 atom stereocenters. The van der Waals surface area contributed by atoms with Gasteiger partial charge in [-0.25, -0.2) is 4.98 Å². The van der Waals surface area contributed by atoms with Crippen molar-refractivity contribution in [2.45, 2.75) is 18.9 Å². The molecule has 0 radical (unpaired) electrons. The largest absolute Gasteiger partial charge is 0.489 e. The number of anilines is 1. The highest BCUT2D eigenvalue weighted by Gasteiger charge is 2.23. The Morgan fingerprint density at radius 2 is 2.21 bits per heavy atom. The number of rotatable bonds is 3. The number of halogens is 1. The summed E-state index contributed by atoms with van der Waals surface area (Å²) < 4.78 is 6.51. The lowest BCUT2D eigenvalue weighted by atomic mass is 10.4. The van der Waals surface area contributed by atoms with E-state index in [1.807, 2.05) is 25.1 Å². The van der Waals surface area contributed by atoms with E-state index in [9.17, 15) is 0 Å². The van der Waals surface area contributed by atoms with E-state index in [4.69, 9.17) is 4.74 Å². The second-order valence-corrected chi connectivity index (χ2v) is 4.44. The molecule has 76 valence electrons. The molecule has 1 heterocycles. The van der Waals surface area contributed by atoms with E-state index >= 15 is 0 Å². The Hall–Kier alpha value is -0.770. The molecule has 2 rings (SSSR count). The molecule has 1 aliphatic carbocycles. The van der Waals surface area contributed by atoms with Crippen LogP contribution in [0.4, 0.5) is 5.69 Å². The first-order chi connectivity index (χ1) is 6.66. The molecule has 1 aromatic rings. The lowest BCUT2D eigenvalue weighted by Gasteiger charge is -2.15. The fourth-order valence-electron chi connectivity index (χ4n) is 1.17. The van der Waals surface area contributed by atoms with Gasteiger partial charge in [-0.3, -0.25) is 0 Å². The van der Waals surface area contributed by atoms with E-state index in [0.717, 1.165) is 16.0 Å². The topological polar surface area (TPSA) is 25.4 Å². The highest BCUT2D eigenvalue weighted by molar-refractivity contribution is 9.10. The summed E-state index contributed by atoms with van der Waals surface area (Å²) in [5.41, 5.74) is 1.04. The minimum atomic E-state index is 0.424. The minimum absolute atomic E-state index is 0.424. The molecule has 0 aliphatic heterocycles. The molecule has 0 saturated heterocycles. The summed E-state index contributed by atoms with van der Waals surface area (Å²) in [6, 6.07) is 2.01. The van der Waals surface area contributed by atoms with E-state index in [-0.39, 0.29) is 0 Å². The van der Waals surface area contributed by atoms with Gasteiger partial charge in [0.1, 0.15) is 10.4 Å². The van der Waals surface area contributed by atoms with Gasteiger partial charge in [0.2, 0.25) is 0 Å². The normalized spacial score (nSPS) is 15.4. The quantitative estimate of drug-likeness (QED) is 0.778. The van der Waals surface area contributed by atoms with Crippen molar-refractivity contribution >= 4 is 21.6 Å². The summed E-state index contributed by atoms with van der Waals surface area (Å²) in [4.78, 5) is 6.24. The van der Waals surface area contributed by atoms with E-state index in [0.29, 0.717) is 6.10 Å². The predicted octanol–water partition coefficient (Wildman–Crippen LogP) is 2.45. The van der Waals surface area contributed by atoms with Gasteiger partial charge in [-0.1, -0.05) is 0 Å². The average Bonchev–Trinajstić information content (AvgIpc) is 2.92. The highest BCUT2D eigenvalue weighted by Crippen LogP contribution is 2.31. The van der Waals surface area contributed by atoms with Gasteiger partial charge >= 0.3 is 0 Å². The summed E-state index contributed by atoms with van der Waals surface area (Å²) in [6.45, 7) is 0. The summed E-state index contributed by atoms with van der Waals surface area (Å²) in [6.07, 6.45) is 4.53. The van der Waals surface area contributed by atoms with Crippen LogP contribution in [-0.2, 0) is 0 Å². The highest BCUT2D eigenvalue weighted by atomic mass is 79.9. The zero-order valence-electron chi connectivity index (χ0n) is 8.33. The van der Waals surface area contributed by atoms with Crippen LogP contribution in [0.15, 0.2) is 16.9 Å². The van der Waals surface area contributed by atoms with Crippen LogP contribution < -0.4 is 9.64 Å². The third-order valence-electron chi connectivity index (χ3n) is 2.10. The average molecular weight is 257 g/mol. The fourth-order valence-corrected chi connectivity index (χ4v) is 1.75. The van der Waals surface area contributed by atoms with Crippen molar-refractivity contribution in [2.75, 3.05) is 19.0 Å². The van der Waals surface area contributed by atoms with E-state index in [1.165, 1.54) is 12.8 Å². The molecule has 1 saturated carbocycles. The number of hydrogen-bond acceptors (Lipinski definition) is 3. The third-order valence-corrected chi connectivity index (χ3v) is 2.72. The van der Waals surface area contributed by atoms with Crippen LogP contribution in [0.25, 0.3) is 0 Å². The zero-order chi connectivity index (χ0) is 10.1. The molecular formula is C10H13BrN2O. The van der Waals surface area contributed by atoms with Gasteiger partial charge < -0.3 is 9.64 Å². The number of aromatic nitrogens is 1. The summed E-state index contributed by atoms with van der Waals surface area (Å²) >= 11 is 3.40. The lowest BCUT2D eigenvalue weighted by molar-refractivity contribution is 0.302. The van der Waals surface area contributed by atoms with Crippen molar-refractivity contribution in [3.63, 3.8) is 0 Å². The van der Waals surface area contributed by atoms with Gasteiger partial charge in [0.25, 0.3) is 0 Å². The maximum Gasteiger partial charge on any atom is 0.140 e. The van der Waals surface area contributed by atoms with E-state index in [2.05, 4.69) is 20.9 Å². The Balaban J connectivity index is 2.20. The molecule has 1 aromatic heterocycles. The van der Waals surface area contributed by atoms with Crippen LogP contribution >= 0.6 is 15.9 Å². The minimum Gasteiger partial charge on any atom is -0.489 e. The van der Waals surface area contributed by atoms with Crippen LogP contribution in [0, 0.1) is 0 Å². The Morgan fingerprint density at radius 1 is 1.50 bits per heavy atom. The van der Waals surface area contributed by atoms with Crippen LogP contribution in [0.5, 0.6) is 5.75 Å². The van der Waals surface area contributed by atoms with Crippen LogP contribution in [0.1, 0.15) is 12.8 Å². The molecule has 4 heteroatoms. The van der Waals surface area contributed by atoms with Crippen molar-refractivity contribution in [1.82, 2.24) is 4.98 Å². The number of hydrogen-bond donors (Lipinski definition) is 0. The summed E-state index contributed by atoms with van der Waals surface area (Å²) in [5.74, 6) is 0.861. The molecule has 14 heavy (non-hydrogen) atoms. The van der Waals surface area contributed by atoms with Crippen LogP contribution in [0.2, 0.25) is 0 Å². The second-order valence-electron chi connectivity index (χ2n) is 3.69. The molecule has 1 aliphatic rings. The standard InChI is InChI=1S/C10H13BrN2O/c1-13(2)9-5-8(6-12-10(9)11)14-7-3-4-7/h5-7H,3-4H2,1-2H3. The van der Waals surface area contributed by atoms with Crippen LogP contribution in [0.3, 0.4) is 0 Å². The smallest absolute Gasteiger partial charge is 0.140 e. The Bertz CT molecular complexity index is 337. The van der Waals surface area contributed by atoms with Gasteiger partial charge in [-0.05, 0) is 28.8 Å². The van der Waals surface area contributed by atoms with E-state index in [1.54, 1.807) is 6.20 Å². The molecule has 0 spiro atoms. The van der Waals surface area contributed by atoms with Gasteiger partial charge in [-0.15, -0.1) is 0 Å².